The first-order valence-electron chi connectivity index (χ1n) is 9.20. The summed E-state index contributed by atoms with van der Waals surface area (Å²) < 4.78 is 24.5. The fourth-order valence-corrected chi connectivity index (χ4v) is 4.03. The van der Waals surface area contributed by atoms with Gasteiger partial charge in [0.25, 0.3) is 0 Å². The van der Waals surface area contributed by atoms with Gasteiger partial charge in [0.1, 0.15) is 5.82 Å². The molecule has 0 aliphatic heterocycles. The number of ether oxygens (including phenoxy) is 2. The third-order valence-electron chi connectivity index (χ3n) is 3.95. The number of hydrogen-bond acceptors (Lipinski definition) is 8. The van der Waals surface area contributed by atoms with Crippen LogP contribution in [-0.4, -0.2) is 42.0 Å². The maximum atomic E-state index is 13.6. The number of benzene rings is 2. The average molecular weight is 475 g/mol. The van der Waals surface area contributed by atoms with Crippen molar-refractivity contribution in [1.29, 1.82) is 0 Å². The summed E-state index contributed by atoms with van der Waals surface area (Å²) >= 11 is 2.26. The molecule has 0 spiro atoms. The molecule has 3 aromatic rings. The average Bonchev–Trinajstić information content (AvgIpc) is 3.24. The minimum atomic E-state index is -0.507. The van der Waals surface area contributed by atoms with Crippen LogP contribution in [0.1, 0.15) is 5.56 Å². The first-order valence-corrected chi connectivity index (χ1v) is 11.0. The summed E-state index contributed by atoms with van der Waals surface area (Å²) in [6, 6.07) is 11.2. The second-order valence-corrected chi connectivity index (χ2v) is 8.33. The van der Waals surface area contributed by atoms with Gasteiger partial charge in [0.15, 0.2) is 15.8 Å². The summed E-state index contributed by atoms with van der Waals surface area (Å²) in [5, 5.41) is 13.2. The van der Waals surface area contributed by atoms with Crippen LogP contribution in [0.15, 0.2) is 52.9 Å². The molecule has 0 unspecified atom stereocenters. The van der Waals surface area contributed by atoms with Crippen molar-refractivity contribution in [3.63, 3.8) is 0 Å². The summed E-state index contributed by atoms with van der Waals surface area (Å²) in [6.07, 6.45) is 2.98. The number of aromatic nitrogens is 2. The monoisotopic (exact) mass is 474 g/mol. The number of rotatable bonds is 9. The lowest BCUT2D eigenvalue weighted by atomic mass is 10.2. The van der Waals surface area contributed by atoms with Crippen molar-refractivity contribution < 1.29 is 23.5 Å². The molecule has 2 N–H and O–H groups in total. The van der Waals surface area contributed by atoms with Crippen LogP contribution in [0.25, 0.3) is 6.08 Å². The summed E-state index contributed by atoms with van der Waals surface area (Å²) in [5.74, 6) is -0.0947. The highest BCUT2D eigenvalue weighted by molar-refractivity contribution is 8.01. The Morgan fingerprint density at radius 1 is 1.09 bits per heavy atom. The maximum absolute atomic E-state index is 13.6. The van der Waals surface area contributed by atoms with E-state index in [1.165, 1.54) is 25.3 Å². The van der Waals surface area contributed by atoms with E-state index in [1.807, 2.05) is 0 Å². The molecule has 2 amide bonds. The lowest BCUT2D eigenvalue weighted by molar-refractivity contribution is -0.114. The Morgan fingerprint density at radius 2 is 1.88 bits per heavy atom. The van der Waals surface area contributed by atoms with Gasteiger partial charge in [-0.1, -0.05) is 41.3 Å². The zero-order chi connectivity index (χ0) is 22.9. The van der Waals surface area contributed by atoms with Crippen molar-refractivity contribution in [1.82, 2.24) is 10.2 Å². The van der Waals surface area contributed by atoms with Gasteiger partial charge in [-0.25, -0.2) is 4.39 Å². The van der Waals surface area contributed by atoms with E-state index in [-0.39, 0.29) is 23.3 Å². The Bertz CT molecular complexity index is 1140. The second kappa shape index (κ2) is 11.3. The minimum Gasteiger partial charge on any atom is -0.493 e. The number of methoxy groups -OCH3 is 2. The molecule has 2 aromatic carbocycles. The van der Waals surface area contributed by atoms with E-state index in [4.69, 9.17) is 9.47 Å². The second-order valence-electron chi connectivity index (χ2n) is 6.13. The van der Waals surface area contributed by atoms with Crippen molar-refractivity contribution in [2.75, 3.05) is 30.6 Å². The Labute approximate surface area is 191 Å². The molecule has 0 saturated heterocycles. The van der Waals surface area contributed by atoms with E-state index in [0.717, 1.165) is 28.7 Å². The molecule has 0 saturated carbocycles. The van der Waals surface area contributed by atoms with Crippen molar-refractivity contribution >= 4 is 51.8 Å². The predicted molar refractivity (Wildman–Crippen MR) is 123 cm³/mol. The fraction of sp³-hybridized carbons (Fsp3) is 0.143. The van der Waals surface area contributed by atoms with E-state index >= 15 is 0 Å². The molecule has 0 bridgehead atoms. The van der Waals surface area contributed by atoms with E-state index in [0.29, 0.717) is 21.0 Å². The normalized spacial score (nSPS) is 10.7. The van der Waals surface area contributed by atoms with E-state index in [2.05, 4.69) is 20.8 Å². The Balaban J connectivity index is 1.50. The van der Waals surface area contributed by atoms with Crippen molar-refractivity contribution in [3.8, 4) is 11.5 Å². The standard InChI is InChI=1S/C21H19FN4O4S2/c1-29-16-9-7-13(11-17(16)30-2)8-10-18(27)24-20-25-26-21(32-20)31-12-19(28)23-15-6-4-3-5-14(15)22/h3-11H,12H2,1-2H3,(H,23,28)(H,24,25,27)/b10-8+. The van der Waals surface area contributed by atoms with Gasteiger partial charge >= 0.3 is 0 Å². The van der Waals surface area contributed by atoms with Gasteiger partial charge in [-0.05, 0) is 35.9 Å². The topological polar surface area (TPSA) is 102 Å². The molecule has 11 heteroatoms. The van der Waals surface area contributed by atoms with Gasteiger partial charge in [0, 0.05) is 6.08 Å². The summed E-state index contributed by atoms with van der Waals surface area (Å²) in [6.45, 7) is 0. The molecule has 0 aliphatic rings. The Morgan fingerprint density at radius 3 is 2.62 bits per heavy atom. The maximum Gasteiger partial charge on any atom is 0.250 e. The predicted octanol–water partition coefficient (Wildman–Crippen LogP) is 4.08. The molecule has 32 heavy (non-hydrogen) atoms. The summed E-state index contributed by atoms with van der Waals surface area (Å²) in [5.41, 5.74) is 0.872. The van der Waals surface area contributed by atoms with Crippen LogP contribution in [0.4, 0.5) is 15.2 Å². The van der Waals surface area contributed by atoms with Gasteiger partial charge in [-0.15, -0.1) is 10.2 Å². The van der Waals surface area contributed by atoms with Crippen LogP contribution in [0.3, 0.4) is 0 Å². The highest BCUT2D eigenvalue weighted by Gasteiger charge is 2.11. The van der Waals surface area contributed by atoms with Crippen molar-refractivity contribution in [2.45, 2.75) is 4.34 Å². The van der Waals surface area contributed by atoms with E-state index in [1.54, 1.807) is 43.5 Å². The SMILES string of the molecule is COc1ccc(/C=C/C(=O)Nc2nnc(SCC(=O)Nc3ccccc3F)s2)cc1OC. The number of halogens is 1. The van der Waals surface area contributed by atoms with Gasteiger partial charge in [-0.2, -0.15) is 0 Å². The van der Waals surface area contributed by atoms with Crippen molar-refractivity contribution in [2.24, 2.45) is 0 Å². The zero-order valence-corrected chi connectivity index (χ0v) is 18.8. The molecule has 0 radical (unpaired) electrons. The van der Waals surface area contributed by atoms with Crippen LogP contribution >= 0.6 is 23.1 Å². The molecular formula is C21H19FN4O4S2. The summed E-state index contributed by atoms with van der Waals surface area (Å²) in [7, 11) is 3.08. The third-order valence-corrected chi connectivity index (χ3v) is 5.92. The van der Waals surface area contributed by atoms with Crippen LogP contribution in [-0.2, 0) is 9.59 Å². The fourth-order valence-electron chi connectivity index (χ4n) is 2.47. The number of carbonyl (C=O) groups is 2. The van der Waals surface area contributed by atoms with Crippen LogP contribution in [0.5, 0.6) is 11.5 Å². The number of anilines is 2. The van der Waals surface area contributed by atoms with Crippen molar-refractivity contribution in [3.05, 3.63) is 59.9 Å². The van der Waals surface area contributed by atoms with Gasteiger partial charge in [0.05, 0.1) is 25.7 Å². The number of nitrogens with one attached hydrogen (secondary N) is 2. The third kappa shape index (κ3) is 6.53. The van der Waals surface area contributed by atoms with E-state index < -0.39 is 5.82 Å². The number of nitrogens with zero attached hydrogens (tertiary/aromatic N) is 2. The van der Waals surface area contributed by atoms with Crippen LogP contribution in [0, 0.1) is 5.82 Å². The molecule has 1 aromatic heterocycles. The number of para-hydroxylation sites is 1. The van der Waals surface area contributed by atoms with Crippen LogP contribution < -0.4 is 20.1 Å². The smallest absolute Gasteiger partial charge is 0.250 e. The molecular weight excluding hydrogens is 455 g/mol. The molecule has 1 heterocycles. The molecule has 0 aliphatic carbocycles. The lowest BCUT2D eigenvalue weighted by Crippen LogP contribution is -2.14. The molecule has 3 rings (SSSR count). The molecule has 0 fully saturated rings. The molecule has 0 atom stereocenters. The number of hydrogen-bond donors (Lipinski definition) is 2. The van der Waals surface area contributed by atoms with Gasteiger partial charge in [-0.3, -0.25) is 14.9 Å². The summed E-state index contributed by atoms with van der Waals surface area (Å²) in [4.78, 5) is 24.1. The number of amides is 2. The Hall–Kier alpha value is -3.44. The number of thioether (sulfide) groups is 1. The quantitative estimate of drug-likeness (QED) is 0.274. The highest BCUT2D eigenvalue weighted by Crippen LogP contribution is 2.28. The molecule has 166 valence electrons. The lowest BCUT2D eigenvalue weighted by Gasteiger charge is -2.07. The van der Waals surface area contributed by atoms with E-state index in [9.17, 15) is 14.0 Å². The van der Waals surface area contributed by atoms with Gasteiger partial charge < -0.3 is 14.8 Å². The Kier molecular flexibility index (Phi) is 8.17. The zero-order valence-electron chi connectivity index (χ0n) is 17.1. The first-order chi connectivity index (χ1) is 15.5. The highest BCUT2D eigenvalue weighted by atomic mass is 32.2. The molecule has 8 nitrogen and oxygen atoms in total. The first kappa shape index (κ1) is 23.2. The van der Waals surface area contributed by atoms with Gasteiger partial charge in [0.2, 0.25) is 16.9 Å². The minimum absolute atomic E-state index is 0.0239. The number of carbonyl (C=O) groups excluding carboxylic acids is 2. The van der Waals surface area contributed by atoms with Crippen LogP contribution in [0.2, 0.25) is 0 Å². The largest absolute Gasteiger partial charge is 0.493 e.